The van der Waals surface area contributed by atoms with E-state index in [0.29, 0.717) is 12.1 Å². The maximum absolute atomic E-state index is 11.5. The number of hydrogen-bond donors (Lipinski definition) is 1. The molecular weight excluding hydrogens is 266 g/mol. The predicted octanol–water partition coefficient (Wildman–Crippen LogP) is 2.24. The minimum atomic E-state index is -0.345. The SMILES string of the molecule is CC(=O)c1cccc(-c2c(C)nn(CCC(N)=O)c2C)c1. The van der Waals surface area contributed by atoms with Gasteiger partial charge in [-0.25, -0.2) is 0 Å². The van der Waals surface area contributed by atoms with Gasteiger partial charge in [0.1, 0.15) is 0 Å². The number of hydrogen-bond acceptors (Lipinski definition) is 3. The highest BCUT2D eigenvalue weighted by Gasteiger charge is 2.14. The molecule has 0 atom stereocenters. The number of aryl methyl sites for hydroxylation is 2. The summed E-state index contributed by atoms with van der Waals surface area (Å²) in [5.74, 6) is -0.309. The third kappa shape index (κ3) is 3.18. The first-order valence-corrected chi connectivity index (χ1v) is 6.84. The van der Waals surface area contributed by atoms with Crippen LogP contribution in [0.5, 0.6) is 0 Å². The van der Waals surface area contributed by atoms with Crippen LogP contribution in [0.2, 0.25) is 0 Å². The van der Waals surface area contributed by atoms with E-state index < -0.39 is 0 Å². The Kier molecular flexibility index (Phi) is 4.21. The molecule has 5 heteroatoms. The summed E-state index contributed by atoms with van der Waals surface area (Å²) < 4.78 is 1.79. The Morgan fingerprint density at radius 3 is 2.62 bits per heavy atom. The largest absolute Gasteiger partial charge is 0.370 e. The van der Waals surface area contributed by atoms with Crippen LogP contribution in [-0.2, 0) is 11.3 Å². The fourth-order valence-electron chi connectivity index (χ4n) is 2.44. The van der Waals surface area contributed by atoms with E-state index in [1.165, 1.54) is 0 Å². The van der Waals surface area contributed by atoms with Gasteiger partial charge in [0.2, 0.25) is 5.91 Å². The van der Waals surface area contributed by atoms with Crippen molar-refractivity contribution in [3.8, 4) is 11.1 Å². The first-order chi connectivity index (χ1) is 9.90. The second kappa shape index (κ2) is 5.91. The molecule has 1 aromatic carbocycles. The molecule has 21 heavy (non-hydrogen) atoms. The van der Waals surface area contributed by atoms with Crippen LogP contribution >= 0.6 is 0 Å². The van der Waals surface area contributed by atoms with Gasteiger partial charge in [0.05, 0.1) is 5.69 Å². The van der Waals surface area contributed by atoms with Gasteiger partial charge in [-0.05, 0) is 32.4 Å². The summed E-state index contributed by atoms with van der Waals surface area (Å²) in [7, 11) is 0. The van der Waals surface area contributed by atoms with Crippen LogP contribution in [0.4, 0.5) is 0 Å². The Morgan fingerprint density at radius 1 is 1.29 bits per heavy atom. The molecule has 0 saturated carbocycles. The number of nitrogens with two attached hydrogens (primary N) is 1. The van der Waals surface area contributed by atoms with Gasteiger partial charge in [0.15, 0.2) is 5.78 Å². The van der Waals surface area contributed by atoms with Gasteiger partial charge >= 0.3 is 0 Å². The van der Waals surface area contributed by atoms with E-state index in [-0.39, 0.29) is 18.1 Å². The molecule has 0 radical (unpaired) electrons. The molecule has 110 valence electrons. The van der Waals surface area contributed by atoms with Gasteiger partial charge in [-0.3, -0.25) is 14.3 Å². The number of ketones is 1. The van der Waals surface area contributed by atoms with E-state index >= 15 is 0 Å². The van der Waals surface area contributed by atoms with Crippen LogP contribution in [0.1, 0.15) is 35.1 Å². The topological polar surface area (TPSA) is 78.0 Å². The molecule has 2 aromatic rings. The van der Waals surface area contributed by atoms with Gasteiger partial charge in [-0.15, -0.1) is 0 Å². The van der Waals surface area contributed by atoms with E-state index in [2.05, 4.69) is 5.10 Å². The number of nitrogens with zero attached hydrogens (tertiary/aromatic N) is 2. The van der Waals surface area contributed by atoms with Crippen molar-refractivity contribution >= 4 is 11.7 Å². The lowest BCUT2D eigenvalue weighted by Gasteiger charge is -2.06. The van der Waals surface area contributed by atoms with Crippen molar-refractivity contribution in [1.82, 2.24) is 9.78 Å². The lowest BCUT2D eigenvalue weighted by molar-refractivity contribution is -0.118. The van der Waals surface area contributed by atoms with E-state index in [1.54, 1.807) is 17.7 Å². The molecule has 0 spiro atoms. The molecule has 1 amide bonds. The van der Waals surface area contributed by atoms with Crippen LogP contribution in [0, 0.1) is 13.8 Å². The van der Waals surface area contributed by atoms with Gasteiger partial charge < -0.3 is 5.73 Å². The van der Waals surface area contributed by atoms with E-state index in [9.17, 15) is 9.59 Å². The third-order valence-electron chi connectivity index (χ3n) is 3.51. The molecule has 2 rings (SSSR count). The molecule has 0 bridgehead atoms. The number of rotatable bonds is 5. The van der Waals surface area contributed by atoms with Crippen molar-refractivity contribution in [2.45, 2.75) is 33.7 Å². The molecule has 0 aliphatic heterocycles. The van der Waals surface area contributed by atoms with Crippen molar-refractivity contribution in [3.05, 3.63) is 41.2 Å². The average Bonchev–Trinajstić information content (AvgIpc) is 2.71. The predicted molar refractivity (Wildman–Crippen MR) is 81.0 cm³/mol. The van der Waals surface area contributed by atoms with E-state index in [1.807, 2.05) is 32.0 Å². The molecule has 1 heterocycles. The molecule has 2 N–H and O–H groups in total. The van der Waals surface area contributed by atoms with Crippen molar-refractivity contribution in [2.75, 3.05) is 0 Å². The molecule has 0 unspecified atom stereocenters. The number of amides is 1. The van der Waals surface area contributed by atoms with Crippen LogP contribution < -0.4 is 5.73 Å². The van der Waals surface area contributed by atoms with Crippen LogP contribution in [0.3, 0.4) is 0 Å². The normalized spacial score (nSPS) is 10.6. The Hall–Kier alpha value is -2.43. The maximum Gasteiger partial charge on any atom is 0.219 e. The summed E-state index contributed by atoms with van der Waals surface area (Å²) in [6.45, 7) is 5.89. The van der Waals surface area contributed by atoms with Crippen molar-refractivity contribution < 1.29 is 9.59 Å². The van der Waals surface area contributed by atoms with E-state index in [0.717, 1.165) is 22.5 Å². The standard InChI is InChI=1S/C16H19N3O2/c1-10-16(11(2)19(18-10)8-7-15(17)21)14-6-4-5-13(9-14)12(3)20/h4-6,9H,7-8H2,1-3H3,(H2,17,21). The molecule has 0 fully saturated rings. The number of carbonyl (C=O) groups excluding carboxylic acids is 2. The molecule has 1 aromatic heterocycles. The summed E-state index contributed by atoms with van der Waals surface area (Å²) >= 11 is 0. The van der Waals surface area contributed by atoms with Crippen molar-refractivity contribution in [2.24, 2.45) is 5.73 Å². The number of aromatic nitrogens is 2. The van der Waals surface area contributed by atoms with Crippen LogP contribution in [0.15, 0.2) is 24.3 Å². The highest BCUT2D eigenvalue weighted by Crippen LogP contribution is 2.27. The summed E-state index contributed by atoms with van der Waals surface area (Å²) in [4.78, 5) is 22.4. The highest BCUT2D eigenvalue weighted by atomic mass is 16.1. The quantitative estimate of drug-likeness (QED) is 0.856. The number of benzene rings is 1. The Balaban J connectivity index is 2.42. The zero-order valence-electron chi connectivity index (χ0n) is 12.5. The highest BCUT2D eigenvalue weighted by molar-refractivity contribution is 5.95. The lowest BCUT2D eigenvalue weighted by Crippen LogP contribution is -2.15. The first-order valence-electron chi connectivity index (χ1n) is 6.84. The van der Waals surface area contributed by atoms with Crippen LogP contribution in [-0.4, -0.2) is 21.5 Å². The molecule has 5 nitrogen and oxygen atoms in total. The van der Waals surface area contributed by atoms with E-state index in [4.69, 9.17) is 5.73 Å². The summed E-state index contributed by atoms with van der Waals surface area (Å²) in [6.07, 6.45) is 0.259. The van der Waals surface area contributed by atoms with Gasteiger partial charge in [0.25, 0.3) is 0 Å². The molecular formula is C16H19N3O2. The second-order valence-corrected chi connectivity index (χ2v) is 5.12. The molecule has 0 saturated heterocycles. The van der Waals surface area contributed by atoms with Crippen molar-refractivity contribution in [3.63, 3.8) is 0 Å². The number of Topliss-reactive ketones (excluding diaryl/α,β-unsaturated/α-hetero) is 1. The monoisotopic (exact) mass is 285 g/mol. The Labute approximate surface area is 123 Å². The van der Waals surface area contributed by atoms with Gasteiger partial charge in [-0.2, -0.15) is 5.10 Å². The van der Waals surface area contributed by atoms with Crippen LogP contribution in [0.25, 0.3) is 11.1 Å². The zero-order valence-corrected chi connectivity index (χ0v) is 12.5. The molecule has 0 aliphatic rings. The first kappa shape index (κ1) is 15.0. The fraction of sp³-hybridized carbons (Fsp3) is 0.312. The zero-order chi connectivity index (χ0) is 15.6. The Morgan fingerprint density at radius 2 is 2.00 bits per heavy atom. The average molecular weight is 285 g/mol. The Bertz CT molecular complexity index is 702. The summed E-state index contributed by atoms with van der Waals surface area (Å²) in [5, 5.41) is 4.46. The second-order valence-electron chi connectivity index (χ2n) is 5.12. The minimum Gasteiger partial charge on any atom is -0.370 e. The van der Waals surface area contributed by atoms with Gasteiger partial charge in [-0.1, -0.05) is 18.2 Å². The summed E-state index contributed by atoms with van der Waals surface area (Å²) in [6, 6.07) is 7.50. The number of carbonyl (C=O) groups is 2. The smallest absolute Gasteiger partial charge is 0.219 e. The summed E-state index contributed by atoms with van der Waals surface area (Å²) in [5.41, 5.74) is 9.66. The molecule has 0 aliphatic carbocycles. The van der Waals surface area contributed by atoms with Crippen molar-refractivity contribution in [1.29, 1.82) is 0 Å². The third-order valence-corrected chi connectivity index (χ3v) is 3.51. The maximum atomic E-state index is 11.5. The number of primary amides is 1. The fourth-order valence-corrected chi connectivity index (χ4v) is 2.44. The lowest BCUT2D eigenvalue weighted by atomic mass is 10.0. The minimum absolute atomic E-state index is 0.0354. The van der Waals surface area contributed by atoms with Gasteiger partial charge in [0, 0.05) is 29.8 Å².